The smallest absolute Gasteiger partial charge is 0.322 e. The molecule has 146 valence electrons. The number of rotatable bonds is 7. The van der Waals surface area contributed by atoms with Crippen LogP contribution in [0, 0.1) is 0 Å². The molecule has 0 bridgehead atoms. The number of amides is 2. The molecule has 1 aromatic heterocycles. The van der Waals surface area contributed by atoms with Crippen LogP contribution in [0.4, 0.5) is 10.5 Å². The molecular weight excluding hydrogens is 392 g/mol. The summed E-state index contributed by atoms with van der Waals surface area (Å²) >= 11 is 7.65. The average molecular weight is 415 g/mol. The molecule has 0 unspecified atom stereocenters. The second-order valence-corrected chi connectivity index (χ2v) is 8.01. The molecule has 4 nitrogen and oxygen atoms in total. The highest BCUT2D eigenvalue weighted by Crippen LogP contribution is 2.20. The van der Waals surface area contributed by atoms with Crippen LogP contribution in [0.15, 0.2) is 66.0 Å². The van der Waals surface area contributed by atoms with Gasteiger partial charge in [0.05, 0.1) is 7.11 Å². The Morgan fingerprint density at radius 2 is 1.86 bits per heavy atom. The van der Waals surface area contributed by atoms with Gasteiger partial charge in [0.15, 0.2) is 0 Å². The van der Waals surface area contributed by atoms with E-state index in [9.17, 15) is 4.79 Å². The van der Waals surface area contributed by atoms with Gasteiger partial charge in [0, 0.05) is 34.6 Å². The number of methoxy groups -OCH3 is 1. The number of hydrogen-bond acceptors (Lipinski definition) is 3. The van der Waals surface area contributed by atoms with Gasteiger partial charge >= 0.3 is 6.03 Å². The van der Waals surface area contributed by atoms with Gasteiger partial charge in [-0.15, -0.1) is 11.3 Å². The first kappa shape index (κ1) is 20.2. The van der Waals surface area contributed by atoms with Gasteiger partial charge in [-0.1, -0.05) is 29.8 Å². The highest BCUT2D eigenvalue weighted by atomic mass is 35.5. The predicted octanol–water partition coefficient (Wildman–Crippen LogP) is 6.08. The summed E-state index contributed by atoms with van der Waals surface area (Å²) in [6.07, 6.45) is 0.807. The SMILES string of the molecule is COc1ccc(CN(C(=O)Nc2ccc(Cl)cc2)[C@H](C)Cc2cccs2)cc1. The van der Waals surface area contributed by atoms with Crippen molar-refractivity contribution in [3.05, 3.63) is 81.5 Å². The van der Waals surface area contributed by atoms with E-state index in [0.29, 0.717) is 11.6 Å². The number of anilines is 1. The van der Waals surface area contributed by atoms with E-state index in [-0.39, 0.29) is 12.1 Å². The third-order valence-electron chi connectivity index (χ3n) is 4.48. The van der Waals surface area contributed by atoms with Crippen LogP contribution in [0.2, 0.25) is 5.02 Å². The molecule has 0 saturated heterocycles. The molecule has 2 amide bonds. The molecule has 0 fully saturated rings. The van der Waals surface area contributed by atoms with E-state index in [0.717, 1.165) is 23.4 Å². The van der Waals surface area contributed by atoms with Crippen molar-refractivity contribution in [3.8, 4) is 5.75 Å². The molecule has 1 heterocycles. The Morgan fingerprint density at radius 3 is 2.46 bits per heavy atom. The Labute approximate surface area is 174 Å². The molecule has 0 saturated carbocycles. The number of nitrogens with zero attached hydrogens (tertiary/aromatic N) is 1. The number of carbonyl (C=O) groups is 1. The molecule has 0 aliphatic heterocycles. The fourth-order valence-electron chi connectivity index (χ4n) is 2.91. The van der Waals surface area contributed by atoms with Crippen molar-refractivity contribution in [1.29, 1.82) is 0 Å². The van der Waals surface area contributed by atoms with Gasteiger partial charge in [-0.2, -0.15) is 0 Å². The molecule has 28 heavy (non-hydrogen) atoms. The van der Waals surface area contributed by atoms with Crippen molar-refractivity contribution in [3.63, 3.8) is 0 Å². The Kier molecular flexibility index (Phi) is 6.95. The minimum Gasteiger partial charge on any atom is -0.497 e. The van der Waals surface area contributed by atoms with Crippen LogP contribution in [-0.2, 0) is 13.0 Å². The number of urea groups is 1. The predicted molar refractivity (Wildman–Crippen MR) is 116 cm³/mol. The number of halogens is 1. The van der Waals surface area contributed by atoms with Gasteiger partial charge in [0.2, 0.25) is 0 Å². The summed E-state index contributed by atoms with van der Waals surface area (Å²) < 4.78 is 5.23. The van der Waals surface area contributed by atoms with Crippen LogP contribution >= 0.6 is 22.9 Å². The monoisotopic (exact) mass is 414 g/mol. The summed E-state index contributed by atoms with van der Waals surface area (Å²) in [5, 5.41) is 5.68. The van der Waals surface area contributed by atoms with Crippen LogP contribution in [-0.4, -0.2) is 24.1 Å². The number of ether oxygens (including phenoxy) is 1. The van der Waals surface area contributed by atoms with E-state index in [1.165, 1.54) is 4.88 Å². The summed E-state index contributed by atoms with van der Waals surface area (Å²) in [5.74, 6) is 0.799. The third-order valence-corrected chi connectivity index (χ3v) is 5.63. The fraction of sp³-hybridized carbons (Fsp3) is 0.227. The molecular formula is C22H23ClN2O2S. The van der Waals surface area contributed by atoms with Gasteiger partial charge in [-0.05, 0) is 60.3 Å². The third kappa shape index (κ3) is 5.50. The average Bonchev–Trinajstić information content (AvgIpc) is 3.21. The van der Waals surface area contributed by atoms with Gasteiger partial charge in [0.1, 0.15) is 5.75 Å². The van der Waals surface area contributed by atoms with Gasteiger partial charge < -0.3 is 15.0 Å². The van der Waals surface area contributed by atoms with Crippen molar-refractivity contribution in [2.75, 3.05) is 12.4 Å². The van der Waals surface area contributed by atoms with E-state index in [4.69, 9.17) is 16.3 Å². The van der Waals surface area contributed by atoms with Crippen LogP contribution in [0.1, 0.15) is 17.4 Å². The Hall–Kier alpha value is -2.50. The molecule has 3 aromatic rings. The Bertz CT molecular complexity index is 880. The highest BCUT2D eigenvalue weighted by molar-refractivity contribution is 7.09. The van der Waals surface area contributed by atoms with E-state index in [1.54, 1.807) is 42.7 Å². The lowest BCUT2D eigenvalue weighted by Crippen LogP contribution is -2.41. The number of thiophene rings is 1. The summed E-state index contributed by atoms with van der Waals surface area (Å²) in [5.41, 5.74) is 1.77. The molecule has 3 rings (SSSR count). The number of nitrogens with one attached hydrogen (secondary N) is 1. The summed E-state index contributed by atoms with van der Waals surface area (Å²) in [7, 11) is 1.64. The van der Waals surface area contributed by atoms with E-state index >= 15 is 0 Å². The maximum atomic E-state index is 13.1. The zero-order chi connectivity index (χ0) is 19.9. The highest BCUT2D eigenvalue weighted by Gasteiger charge is 2.21. The Morgan fingerprint density at radius 1 is 1.14 bits per heavy atom. The lowest BCUT2D eigenvalue weighted by atomic mass is 10.1. The maximum Gasteiger partial charge on any atom is 0.322 e. The van der Waals surface area contributed by atoms with Crippen LogP contribution in [0.5, 0.6) is 5.75 Å². The Balaban J connectivity index is 1.77. The minimum absolute atomic E-state index is 0.0352. The summed E-state index contributed by atoms with van der Waals surface area (Å²) in [4.78, 5) is 16.2. The van der Waals surface area contributed by atoms with E-state index < -0.39 is 0 Å². The van der Waals surface area contributed by atoms with Crippen LogP contribution in [0.25, 0.3) is 0 Å². The van der Waals surface area contributed by atoms with Crippen molar-refractivity contribution >= 4 is 34.7 Å². The lowest BCUT2D eigenvalue weighted by molar-refractivity contribution is 0.188. The van der Waals surface area contributed by atoms with Crippen molar-refractivity contribution < 1.29 is 9.53 Å². The normalized spacial score (nSPS) is 11.7. The first-order valence-corrected chi connectivity index (χ1v) is 10.3. The zero-order valence-electron chi connectivity index (χ0n) is 15.9. The molecule has 0 aliphatic carbocycles. The van der Waals surface area contributed by atoms with Gasteiger partial charge in [-0.25, -0.2) is 4.79 Å². The van der Waals surface area contributed by atoms with E-state index in [1.807, 2.05) is 35.2 Å². The van der Waals surface area contributed by atoms with Crippen molar-refractivity contribution in [2.45, 2.75) is 25.9 Å². The molecule has 0 radical (unpaired) electrons. The van der Waals surface area contributed by atoms with Crippen LogP contribution < -0.4 is 10.1 Å². The van der Waals surface area contributed by atoms with Gasteiger partial charge in [0.25, 0.3) is 0 Å². The molecule has 1 N–H and O–H groups in total. The zero-order valence-corrected chi connectivity index (χ0v) is 17.5. The summed E-state index contributed by atoms with van der Waals surface area (Å²) in [6.45, 7) is 2.58. The first-order chi connectivity index (χ1) is 13.5. The van der Waals surface area contributed by atoms with E-state index in [2.05, 4.69) is 23.7 Å². The topological polar surface area (TPSA) is 41.6 Å². The second kappa shape index (κ2) is 9.62. The largest absolute Gasteiger partial charge is 0.497 e. The number of carbonyl (C=O) groups excluding carboxylic acids is 1. The maximum absolute atomic E-state index is 13.1. The molecule has 2 aromatic carbocycles. The van der Waals surface area contributed by atoms with Crippen LogP contribution in [0.3, 0.4) is 0 Å². The lowest BCUT2D eigenvalue weighted by Gasteiger charge is -2.29. The van der Waals surface area contributed by atoms with Crippen molar-refractivity contribution in [1.82, 2.24) is 4.90 Å². The second-order valence-electron chi connectivity index (χ2n) is 6.55. The fourth-order valence-corrected chi connectivity index (χ4v) is 3.87. The minimum atomic E-state index is -0.137. The van der Waals surface area contributed by atoms with Gasteiger partial charge in [-0.3, -0.25) is 0 Å². The van der Waals surface area contributed by atoms with Crippen molar-refractivity contribution in [2.24, 2.45) is 0 Å². The quantitative estimate of drug-likeness (QED) is 0.509. The molecule has 6 heteroatoms. The molecule has 0 spiro atoms. The first-order valence-electron chi connectivity index (χ1n) is 9.03. The molecule has 1 atom stereocenters. The standard InChI is InChI=1S/C22H23ClN2O2S/c1-16(14-21-4-3-13-28-21)25(15-17-5-11-20(27-2)12-6-17)22(26)24-19-9-7-18(23)8-10-19/h3-13,16H,14-15H2,1-2H3,(H,24,26)/t16-/m1/s1. The molecule has 0 aliphatic rings. The number of benzene rings is 2. The summed E-state index contributed by atoms with van der Waals surface area (Å²) in [6, 6.07) is 19.0. The number of hydrogen-bond donors (Lipinski definition) is 1.